The van der Waals surface area contributed by atoms with Crippen molar-refractivity contribution in [3.63, 3.8) is 0 Å². The van der Waals surface area contributed by atoms with Crippen molar-refractivity contribution < 1.29 is 5.11 Å². The van der Waals surface area contributed by atoms with Gasteiger partial charge in [-0.2, -0.15) is 0 Å². The molecule has 0 aliphatic heterocycles. The SMILES string of the molecule is CCCCCCCCNC(CC)C(O)c1cc(C)cs1. The van der Waals surface area contributed by atoms with E-state index in [2.05, 4.69) is 37.5 Å². The van der Waals surface area contributed by atoms with E-state index in [-0.39, 0.29) is 12.1 Å². The molecule has 3 heteroatoms. The second kappa shape index (κ2) is 10.4. The standard InChI is InChI=1S/C17H31NOS/c1-4-6-7-8-9-10-11-18-15(5-2)17(19)16-12-14(3)13-20-16/h12-13,15,17-19H,4-11H2,1-3H3. The van der Waals surface area contributed by atoms with Crippen LogP contribution in [0.15, 0.2) is 11.4 Å². The fourth-order valence-corrected chi connectivity index (χ4v) is 3.43. The van der Waals surface area contributed by atoms with Crippen LogP contribution < -0.4 is 5.32 Å². The Kier molecular flexibility index (Phi) is 9.16. The first-order chi connectivity index (χ1) is 9.69. The molecule has 0 saturated carbocycles. The smallest absolute Gasteiger partial charge is 0.103 e. The summed E-state index contributed by atoms with van der Waals surface area (Å²) in [6.45, 7) is 7.49. The fraction of sp³-hybridized carbons (Fsp3) is 0.765. The van der Waals surface area contributed by atoms with E-state index in [0.717, 1.165) is 17.8 Å². The Labute approximate surface area is 128 Å². The zero-order valence-electron chi connectivity index (χ0n) is 13.3. The second-order valence-corrected chi connectivity index (χ2v) is 6.65. The molecule has 0 amide bonds. The van der Waals surface area contributed by atoms with E-state index in [4.69, 9.17) is 0 Å². The minimum atomic E-state index is -0.362. The van der Waals surface area contributed by atoms with Crippen LogP contribution in [-0.4, -0.2) is 17.7 Å². The van der Waals surface area contributed by atoms with Crippen molar-refractivity contribution >= 4 is 11.3 Å². The van der Waals surface area contributed by atoms with Crippen LogP contribution in [0.2, 0.25) is 0 Å². The maximum Gasteiger partial charge on any atom is 0.103 e. The second-order valence-electron chi connectivity index (χ2n) is 5.71. The third kappa shape index (κ3) is 6.38. The van der Waals surface area contributed by atoms with Crippen molar-refractivity contribution in [2.75, 3.05) is 6.54 Å². The van der Waals surface area contributed by atoms with Crippen LogP contribution in [0.1, 0.15) is 75.3 Å². The number of unbranched alkanes of at least 4 members (excludes halogenated alkanes) is 5. The highest BCUT2D eigenvalue weighted by atomic mass is 32.1. The summed E-state index contributed by atoms with van der Waals surface area (Å²) >= 11 is 1.66. The Morgan fingerprint density at radius 1 is 1.15 bits per heavy atom. The zero-order chi connectivity index (χ0) is 14.8. The highest BCUT2D eigenvalue weighted by molar-refractivity contribution is 7.10. The van der Waals surface area contributed by atoms with Gasteiger partial charge in [0, 0.05) is 10.9 Å². The quantitative estimate of drug-likeness (QED) is 0.574. The van der Waals surface area contributed by atoms with Gasteiger partial charge >= 0.3 is 0 Å². The van der Waals surface area contributed by atoms with Gasteiger partial charge in [0.25, 0.3) is 0 Å². The van der Waals surface area contributed by atoms with Gasteiger partial charge in [-0.1, -0.05) is 46.0 Å². The van der Waals surface area contributed by atoms with Gasteiger partial charge in [0.15, 0.2) is 0 Å². The highest BCUT2D eigenvalue weighted by Crippen LogP contribution is 2.25. The zero-order valence-corrected chi connectivity index (χ0v) is 14.1. The number of hydrogen-bond acceptors (Lipinski definition) is 3. The van der Waals surface area contributed by atoms with E-state index in [0.29, 0.717) is 0 Å². The van der Waals surface area contributed by atoms with Gasteiger partial charge in [-0.25, -0.2) is 0 Å². The molecule has 0 aliphatic rings. The molecule has 0 bridgehead atoms. The van der Waals surface area contributed by atoms with Crippen molar-refractivity contribution in [2.24, 2.45) is 0 Å². The predicted octanol–water partition coefficient (Wildman–Crippen LogP) is 4.82. The summed E-state index contributed by atoms with van der Waals surface area (Å²) in [6.07, 6.45) is 8.51. The number of thiophene rings is 1. The molecule has 1 heterocycles. The van der Waals surface area contributed by atoms with Crippen LogP contribution in [0.3, 0.4) is 0 Å². The molecule has 1 rings (SSSR count). The summed E-state index contributed by atoms with van der Waals surface area (Å²) in [5, 5.41) is 16.0. The van der Waals surface area contributed by atoms with E-state index in [9.17, 15) is 5.11 Å². The lowest BCUT2D eigenvalue weighted by atomic mass is 10.1. The van der Waals surface area contributed by atoms with E-state index < -0.39 is 0 Å². The Hall–Kier alpha value is -0.380. The fourth-order valence-electron chi connectivity index (χ4n) is 2.48. The molecule has 0 fully saturated rings. The molecule has 0 aromatic carbocycles. The van der Waals surface area contributed by atoms with Gasteiger partial charge < -0.3 is 10.4 Å². The van der Waals surface area contributed by atoms with Crippen molar-refractivity contribution in [2.45, 2.75) is 77.9 Å². The van der Waals surface area contributed by atoms with Crippen LogP contribution >= 0.6 is 11.3 Å². The molecule has 20 heavy (non-hydrogen) atoms. The predicted molar refractivity (Wildman–Crippen MR) is 89.5 cm³/mol. The first-order valence-corrected chi connectivity index (χ1v) is 9.03. The van der Waals surface area contributed by atoms with Crippen molar-refractivity contribution in [1.82, 2.24) is 5.32 Å². The average Bonchev–Trinajstić information content (AvgIpc) is 2.88. The lowest BCUT2D eigenvalue weighted by molar-refractivity contribution is 0.129. The summed E-state index contributed by atoms with van der Waals surface area (Å²) in [6, 6.07) is 2.29. The van der Waals surface area contributed by atoms with Crippen molar-refractivity contribution in [3.8, 4) is 0 Å². The summed E-state index contributed by atoms with van der Waals surface area (Å²) in [5.41, 5.74) is 1.25. The van der Waals surface area contributed by atoms with Gasteiger partial charge in [-0.3, -0.25) is 0 Å². The van der Waals surface area contributed by atoms with Crippen molar-refractivity contribution in [3.05, 3.63) is 21.9 Å². The van der Waals surface area contributed by atoms with Gasteiger partial charge in [0.2, 0.25) is 0 Å². The molecule has 2 nitrogen and oxygen atoms in total. The van der Waals surface area contributed by atoms with E-state index in [1.807, 2.05) is 0 Å². The minimum absolute atomic E-state index is 0.184. The molecule has 2 N–H and O–H groups in total. The maximum absolute atomic E-state index is 10.4. The number of aryl methyl sites for hydroxylation is 1. The molecule has 2 atom stereocenters. The van der Waals surface area contributed by atoms with Crippen LogP contribution in [0.25, 0.3) is 0 Å². The Morgan fingerprint density at radius 2 is 1.85 bits per heavy atom. The maximum atomic E-state index is 10.4. The Morgan fingerprint density at radius 3 is 2.45 bits per heavy atom. The van der Waals surface area contributed by atoms with Crippen LogP contribution in [0.4, 0.5) is 0 Å². The largest absolute Gasteiger partial charge is 0.386 e. The Balaban J connectivity index is 2.22. The molecule has 2 unspecified atom stereocenters. The van der Waals surface area contributed by atoms with Gasteiger partial charge in [-0.05, 0) is 43.3 Å². The topological polar surface area (TPSA) is 32.3 Å². The van der Waals surface area contributed by atoms with Gasteiger partial charge in [-0.15, -0.1) is 11.3 Å². The number of aliphatic hydroxyl groups excluding tert-OH is 1. The first kappa shape index (κ1) is 17.7. The number of hydrogen-bond donors (Lipinski definition) is 2. The molecule has 0 spiro atoms. The number of rotatable bonds is 11. The molecular formula is C17H31NOS. The monoisotopic (exact) mass is 297 g/mol. The van der Waals surface area contributed by atoms with E-state index >= 15 is 0 Å². The highest BCUT2D eigenvalue weighted by Gasteiger charge is 2.19. The molecule has 0 radical (unpaired) electrons. The van der Waals surface area contributed by atoms with E-state index in [1.165, 1.54) is 44.1 Å². The van der Waals surface area contributed by atoms with Crippen LogP contribution in [0.5, 0.6) is 0 Å². The summed E-state index contributed by atoms with van der Waals surface area (Å²) < 4.78 is 0. The summed E-state index contributed by atoms with van der Waals surface area (Å²) in [4.78, 5) is 1.09. The molecule has 1 aromatic rings. The molecule has 0 aliphatic carbocycles. The van der Waals surface area contributed by atoms with Gasteiger partial charge in [0.1, 0.15) is 6.10 Å². The van der Waals surface area contributed by atoms with Crippen LogP contribution in [-0.2, 0) is 0 Å². The first-order valence-electron chi connectivity index (χ1n) is 8.15. The number of nitrogens with one attached hydrogen (secondary N) is 1. The summed E-state index contributed by atoms with van der Waals surface area (Å²) in [5.74, 6) is 0. The lowest BCUT2D eigenvalue weighted by Gasteiger charge is -2.22. The van der Waals surface area contributed by atoms with Gasteiger partial charge in [0.05, 0.1) is 0 Å². The van der Waals surface area contributed by atoms with E-state index in [1.54, 1.807) is 11.3 Å². The normalized spacial score (nSPS) is 14.4. The molecule has 116 valence electrons. The minimum Gasteiger partial charge on any atom is -0.386 e. The third-order valence-electron chi connectivity index (χ3n) is 3.80. The molecular weight excluding hydrogens is 266 g/mol. The number of aliphatic hydroxyl groups is 1. The molecule has 1 aromatic heterocycles. The Bertz CT molecular complexity index is 351. The van der Waals surface area contributed by atoms with Crippen LogP contribution in [0, 0.1) is 6.92 Å². The summed E-state index contributed by atoms with van der Waals surface area (Å²) in [7, 11) is 0. The molecule has 0 saturated heterocycles. The van der Waals surface area contributed by atoms with Crippen molar-refractivity contribution in [1.29, 1.82) is 0 Å². The lowest BCUT2D eigenvalue weighted by Crippen LogP contribution is -2.34. The third-order valence-corrected chi connectivity index (χ3v) is 4.92. The average molecular weight is 298 g/mol.